The summed E-state index contributed by atoms with van der Waals surface area (Å²) in [5, 5.41) is 0. The van der Waals surface area contributed by atoms with Crippen LogP contribution in [0, 0.1) is 5.82 Å². The van der Waals surface area contributed by atoms with Crippen LogP contribution >= 0.6 is 11.3 Å². The van der Waals surface area contributed by atoms with Gasteiger partial charge in [0.15, 0.2) is 4.80 Å². The van der Waals surface area contributed by atoms with Crippen molar-refractivity contribution in [3.8, 4) is 0 Å². The Balaban J connectivity index is 2.10. The van der Waals surface area contributed by atoms with E-state index in [1.165, 1.54) is 36.6 Å². The molecule has 3 rings (SSSR count). The number of aromatic nitrogens is 1. The van der Waals surface area contributed by atoms with E-state index in [0.29, 0.717) is 11.3 Å². The van der Waals surface area contributed by atoms with Crippen molar-refractivity contribution in [2.45, 2.75) is 26.3 Å². The number of hydrogen-bond donors (Lipinski definition) is 0. The van der Waals surface area contributed by atoms with Crippen molar-refractivity contribution in [3.05, 3.63) is 64.2 Å². The SMILES string of the molecule is CCc1ccc2c(c1)sc(=NC(=O)c1ccccc1F)n2CCC(=O)OC. The van der Waals surface area contributed by atoms with Crippen LogP contribution in [0.1, 0.15) is 29.3 Å². The molecule has 0 N–H and O–H groups in total. The molecule has 1 aromatic heterocycles. The molecule has 1 amide bonds. The zero-order valence-electron chi connectivity index (χ0n) is 15.1. The van der Waals surface area contributed by atoms with E-state index < -0.39 is 11.7 Å². The molecule has 3 aromatic rings. The molecule has 5 nitrogen and oxygen atoms in total. The molecule has 7 heteroatoms. The number of benzene rings is 2. The second kappa shape index (κ2) is 8.26. The first-order valence-corrected chi connectivity index (χ1v) is 9.37. The van der Waals surface area contributed by atoms with Crippen LogP contribution in [-0.4, -0.2) is 23.6 Å². The van der Waals surface area contributed by atoms with Crippen molar-refractivity contribution in [2.75, 3.05) is 7.11 Å². The van der Waals surface area contributed by atoms with Gasteiger partial charge in [-0.3, -0.25) is 9.59 Å². The zero-order chi connectivity index (χ0) is 19.4. The van der Waals surface area contributed by atoms with E-state index in [4.69, 9.17) is 4.74 Å². The van der Waals surface area contributed by atoms with Crippen LogP contribution in [-0.2, 0) is 22.5 Å². The van der Waals surface area contributed by atoms with Gasteiger partial charge >= 0.3 is 5.97 Å². The number of amides is 1. The highest BCUT2D eigenvalue weighted by Gasteiger charge is 2.13. The highest BCUT2D eigenvalue weighted by atomic mass is 32.1. The number of thiazole rings is 1. The van der Waals surface area contributed by atoms with Crippen LogP contribution in [0.5, 0.6) is 0 Å². The molecule has 2 aromatic carbocycles. The highest BCUT2D eigenvalue weighted by Crippen LogP contribution is 2.20. The number of fused-ring (bicyclic) bond motifs is 1. The van der Waals surface area contributed by atoms with E-state index >= 15 is 0 Å². The van der Waals surface area contributed by atoms with Gasteiger partial charge in [-0.05, 0) is 36.2 Å². The number of nitrogens with zero attached hydrogens (tertiary/aromatic N) is 2. The Kier molecular flexibility index (Phi) is 5.81. The Bertz CT molecular complexity index is 1070. The maximum absolute atomic E-state index is 13.9. The summed E-state index contributed by atoms with van der Waals surface area (Å²) in [6, 6.07) is 11.8. The number of aryl methyl sites for hydroxylation is 2. The summed E-state index contributed by atoms with van der Waals surface area (Å²) in [6.07, 6.45) is 1.04. The smallest absolute Gasteiger partial charge is 0.307 e. The van der Waals surface area contributed by atoms with E-state index in [1.807, 2.05) is 18.2 Å². The molecule has 0 unspecified atom stereocenters. The number of methoxy groups -OCH3 is 1. The quantitative estimate of drug-likeness (QED) is 0.628. The van der Waals surface area contributed by atoms with E-state index in [2.05, 4.69) is 11.9 Å². The summed E-state index contributed by atoms with van der Waals surface area (Å²) in [6.45, 7) is 2.38. The van der Waals surface area contributed by atoms with Gasteiger partial charge in [-0.15, -0.1) is 0 Å². The lowest BCUT2D eigenvalue weighted by Crippen LogP contribution is -2.19. The van der Waals surface area contributed by atoms with Crippen molar-refractivity contribution in [3.63, 3.8) is 0 Å². The van der Waals surface area contributed by atoms with Crippen LogP contribution < -0.4 is 4.80 Å². The molecular formula is C20H19FN2O3S. The molecule has 0 bridgehead atoms. The fourth-order valence-electron chi connectivity index (χ4n) is 2.73. The van der Waals surface area contributed by atoms with Crippen LogP contribution in [0.3, 0.4) is 0 Å². The van der Waals surface area contributed by atoms with Crippen LogP contribution in [0.25, 0.3) is 10.2 Å². The summed E-state index contributed by atoms with van der Waals surface area (Å²) in [5.41, 5.74) is 1.96. The lowest BCUT2D eigenvalue weighted by atomic mass is 10.2. The largest absolute Gasteiger partial charge is 0.469 e. The molecular weight excluding hydrogens is 367 g/mol. The molecule has 1 heterocycles. The maximum atomic E-state index is 13.9. The van der Waals surface area contributed by atoms with E-state index in [9.17, 15) is 14.0 Å². The predicted octanol–water partition coefficient (Wildman–Crippen LogP) is 3.71. The molecule has 0 atom stereocenters. The van der Waals surface area contributed by atoms with Gasteiger partial charge in [0.05, 0.1) is 29.3 Å². The first-order valence-electron chi connectivity index (χ1n) is 8.56. The number of carbonyl (C=O) groups is 2. The van der Waals surface area contributed by atoms with Crippen molar-refractivity contribution in [2.24, 2.45) is 4.99 Å². The lowest BCUT2D eigenvalue weighted by Gasteiger charge is -2.05. The third-order valence-electron chi connectivity index (χ3n) is 4.22. The second-order valence-corrected chi connectivity index (χ2v) is 6.92. The molecule has 0 radical (unpaired) electrons. The van der Waals surface area contributed by atoms with Crippen LogP contribution in [0.4, 0.5) is 4.39 Å². The number of ether oxygens (including phenoxy) is 1. The number of hydrogen-bond acceptors (Lipinski definition) is 4. The average Bonchev–Trinajstić information content (AvgIpc) is 3.02. The van der Waals surface area contributed by atoms with Gasteiger partial charge < -0.3 is 9.30 Å². The average molecular weight is 386 g/mol. The Morgan fingerprint density at radius 3 is 2.70 bits per heavy atom. The minimum atomic E-state index is -0.651. The van der Waals surface area contributed by atoms with Crippen LogP contribution in [0.2, 0.25) is 0 Å². The van der Waals surface area contributed by atoms with E-state index in [1.54, 1.807) is 10.6 Å². The summed E-state index contributed by atoms with van der Waals surface area (Å²) < 4.78 is 21.4. The van der Waals surface area contributed by atoms with Gasteiger partial charge in [-0.1, -0.05) is 36.5 Å². The summed E-state index contributed by atoms with van der Waals surface area (Å²) in [4.78, 5) is 28.6. The van der Waals surface area contributed by atoms with Crippen molar-refractivity contribution >= 4 is 33.4 Å². The number of halogens is 1. The normalized spacial score (nSPS) is 11.7. The minimum Gasteiger partial charge on any atom is -0.469 e. The Morgan fingerprint density at radius 2 is 2.00 bits per heavy atom. The summed E-state index contributed by atoms with van der Waals surface area (Å²) in [5.74, 6) is -1.61. The van der Waals surface area contributed by atoms with Gasteiger partial charge in [-0.25, -0.2) is 4.39 Å². The monoisotopic (exact) mass is 386 g/mol. The molecule has 0 aliphatic carbocycles. The molecule has 0 aliphatic rings. The first kappa shape index (κ1) is 19.0. The highest BCUT2D eigenvalue weighted by molar-refractivity contribution is 7.16. The third-order valence-corrected chi connectivity index (χ3v) is 5.27. The molecule has 27 heavy (non-hydrogen) atoms. The topological polar surface area (TPSA) is 60.7 Å². The number of esters is 1. The van der Waals surface area contributed by atoms with Crippen LogP contribution in [0.15, 0.2) is 47.5 Å². The Labute approximate surface area is 159 Å². The zero-order valence-corrected chi connectivity index (χ0v) is 15.9. The Morgan fingerprint density at radius 1 is 1.22 bits per heavy atom. The second-order valence-electron chi connectivity index (χ2n) is 5.91. The van der Waals surface area contributed by atoms with E-state index in [-0.39, 0.29) is 18.0 Å². The third kappa shape index (κ3) is 4.14. The van der Waals surface area contributed by atoms with Gasteiger partial charge in [-0.2, -0.15) is 4.99 Å². The van der Waals surface area contributed by atoms with E-state index in [0.717, 1.165) is 22.2 Å². The van der Waals surface area contributed by atoms with Gasteiger partial charge in [0, 0.05) is 6.54 Å². The summed E-state index contributed by atoms with van der Waals surface area (Å²) in [7, 11) is 1.33. The number of carbonyl (C=O) groups excluding carboxylic acids is 2. The first-order chi connectivity index (χ1) is 13.0. The molecule has 140 valence electrons. The number of rotatable bonds is 5. The standard InChI is InChI=1S/C20H19FN2O3S/c1-3-13-8-9-16-17(12-13)27-20(23(16)11-10-18(24)26-2)22-19(25)14-6-4-5-7-15(14)21/h4-9,12H,3,10-11H2,1-2H3. The molecule has 0 aliphatic heterocycles. The fourth-order valence-corrected chi connectivity index (χ4v) is 3.84. The molecule has 0 saturated heterocycles. The van der Waals surface area contributed by atoms with Gasteiger partial charge in [0.2, 0.25) is 0 Å². The maximum Gasteiger partial charge on any atom is 0.307 e. The predicted molar refractivity (Wildman–Crippen MR) is 102 cm³/mol. The Hall–Kier alpha value is -2.80. The molecule has 0 fully saturated rings. The summed E-state index contributed by atoms with van der Waals surface area (Å²) >= 11 is 1.34. The van der Waals surface area contributed by atoms with Gasteiger partial charge in [0.25, 0.3) is 5.91 Å². The fraction of sp³-hybridized carbons (Fsp3) is 0.250. The minimum absolute atomic E-state index is 0.0799. The molecule has 0 saturated carbocycles. The van der Waals surface area contributed by atoms with Crippen molar-refractivity contribution in [1.29, 1.82) is 0 Å². The molecule has 0 spiro atoms. The van der Waals surface area contributed by atoms with Crippen molar-refractivity contribution < 1.29 is 18.7 Å². The van der Waals surface area contributed by atoms with Crippen molar-refractivity contribution in [1.82, 2.24) is 4.57 Å². The van der Waals surface area contributed by atoms with Gasteiger partial charge in [0.1, 0.15) is 5.82 Å². The lowest BCUT2D eigenvalue weighted by molar-refractivity contribution is -0.140.